The lowest BCUT2D eigenvalue weighted by Gasteiger charge is -2.34. The van der Waals surface area contributed by atoms with Crippen LogP contribution in [-0.2, 0) is 38.1 Å². The van der Waals surface area contributed by atoms with Gasteiger partial charge in [-0.05, 0) is 43.9 Å². The zero-order chi connectivity index (χ0) is 46.2. The summed E-state index contributed by atoms with van der Waals surface area (Å²) >= 11 is 0. The van der Waals surface area contributed by atoms with Gasteiger partial charge in [0.1, 0.15) is 49.3 Å². The van der Waals surface area contributed by atoms with Gasteiger partial charge in [-0.2, -0.15) is 0 Å². The van der Waals surface area contributed by atoms with Crippen molar-refractivity contribution in [2.75, 3.05) is 28.0 Å². The number of oxazole rings is 3. The molecule has 4 rings (SSSR count). The van der Waals surface area contributed by atoms with Gasteiger partial charge in [0.05, 0.1) is 36.3 Å². The van der Waals surface area contributed by atoms with Crippen molar-refractivity contribution in [1.29, 1.82) is 0 Å². The fourth-order valence-corrected chi connectivity index (χ4v) is 7.67. The lowest BCUT2D eigenvalue weighted by Crippen LogP contribution is -2.39. The van der Waals surface area contributed by atoms with Crippen LogP contribution in [0.4, 0.5) is 0 Å². The minimum absolute atomic E-state index is 0.0138. The van der Waals surface area contributed by atoms with E-state index in [4.69, 9.17) is 32.2 Å². The number of aromatic nitrogens is 3. The van der Waals surface area contributed by atoms with E-state index in [1.807, 2.05) is 33.8 Å². The van der Waals surface area contributed by atoms with Crippen LogP contribution in [0.15, 0.2) is 50.4 Å². The van der Waals surface area contributed by atoms with Gasteiger partial charge in [-0.15, -0.1) is 0 Å². The molecular formula is C46H66N4O13. The maximum absolute atomic E-state index is 13.6. The van der Waals surface area contributed by atoms with E-state index in [0.717, 1.165) is 0 Å². The van der Waals surface area contributed by atoms with E-state index in [2.05, 4.69) is 15.0 Å². The Morgan fingerprint density at radius 3 is 2.40 bits per heavy atom. The molecule has 0 spiro atoms. The third-order valence-corrected chi connectivity index (χ3v) is 11.7. The molecular weight excluding hydrogens is 817 g/mol. The average Bonchev–Trinajstić information content (AvgIpc) is 4.05. The molecule has 0 fully saturated rings. The molecule has 0 aromatic carbocycles. The molecule has 3 aromatic heterocycles. The summed E-state index contributed by atoms with van der Waals surface area (Å²) in [4.78, 5) is 67.1. The Kier molecular flexibility index (Phi) is 19.9. The second kappa shape index (κ2) is 24.8. The van der Waals surface area contributed by atoms with Crippen LogP contribution in [0.25, 0.3) is 29.2 Å². The number of fused-ring (bicyclic) bond motifs is 8. The first-order valence-corrected chi connectivity index (χ1v) is 21.7. The fourth-order valence-electron chi connectivity index (χ4n) is 7.67. The Hall–Kier alpha value is -4.97. The van der Waals surface area contributed by atoms with Crippen LogP contribution in [0.5, 0.6) is 0 Å². The minimum atomic E-state index is -1.03. The molecule has 0 saturated carbocycles. The summed E-state index contributed by atoms with van der Waals surface area (Å²) in [5.74, 6) is -2.13. The van der Waals surface area contributed by atoms with Crippen molar-refractivity contribution in [3.63, 3.8) is 0 Å². The highest BCUT2D eigenvalue weighted by Crippen LogP contribution is 2.31. The number of carbonyl (C=O) groups is 4. The van der Waals surface area contributed by atoms with Gasteiger partial charge < -0.3 is 47.3 Å². The van der Waals surface area contributed by atoms with Crippen molar-refractivity contribution < 1.29 is 61.6 Å². The van der Waals surface area contributed by atoms with Crippen LogP contribution in [0, 0.1) is 23.7 Å². The molecule has 3 aromatic rings. The number of methoxy groups -OCH3 is 2. The minimum Gasteiger partial charge on any atom is -0.462 e. The first-order valence-electron chi connectivity index (χ1n) is 21.7. The lowest BCUT2D eigenvalue weighted by atomic mass is 9.84. The van der Waals surface area contributed by atoms with Gasteiger partial charge in [0, 0.05) is 71.6 Å². The number of aliphatic hydroxyl groups is 2. The molecule has 1 aliphatic heterocycles. The van der Waals surface area contributed by atoms with Crippen molar-refractivity contribution >= 4 is 29.6 Å². The van der Waals surface area contributed by atoms with Crippen LogP contribution in [0.1, 0.15) is 117 Å². The van der Waals surface area contributed by atoms with Crippen LogP contribution >= 0.6 is 0 Å². The van der Waals surface area contributed by atoms with Gasteiger partial charge in [0.2, 0.25) is 17.7 Å². The number of rotatable bonds is 15. The van der Waals surface area contributed by atoms with Crippen molar-refractivity contribution in [1.82, 2.24) is 19.9 Å². The monoisotopic (exact) mass is 882 g/mol. The third kappa shape index (κ3) is 15.4. The van der Waals surface area contributed by atoms with Crippen molar-refractivity contribution in [2.24, 2.45) is 23.7 Å². The third-order valence-electron chi connectivity index (χ3n) is 11.7. The van der Waals surface area contributed by atoms with E-state index in [1.165, 1.54) is 25.7 Å². The number of ketones is 2. The number of carbonyl (C=O) groups excluding carboxylic acids is 4. The highest BCUT2D eigenvalue weighted by molar-refractivity contribution is 5.82. The zero-order valence-corrected chi connectivity index (χ0v) is 38.1. The quantitative estimate of drug-likeness (QED) is 0.116. The number of hydrogen-bond donors (Lipinski definition) is 2. The standard InChI is InChI=1S/C46H66N4O13/c1-27(16-17-38(55)30(4)44(62-32(6)52)28(2)18-19-50(7)26-51)40(58-9)22-41-31(5)39(57-8)14-11-15-42-47-36(24-59-42)45-49-37(25-61-45)46-48-35(23-60-46)29(3)20-33(53)12-10-13-34(54)21-43(56)63-41/h11,15,18-19,23-25,27-31,34,39-41,44,51,54H,10,12-14,16-17,20-22,26H2,1-9H3/b15-11+,19-18+/t27-,28-,29+,30+,31+,34-,39-,40-,41-,44+/m1/s1. The molecule has 10 atom stereocenters. The molecule has 348 valence electrons. The number of ether oxygens (including phenoxy) is 4. The highest BCUT2D eigenvalue weighted by atomic mass is 16.6. The van der Waals surface area contributed by atoms with Crippen LogP contribution in [0.2, 0.25) is 0 Å². The molecule has 63 heavy (non-hydrogen) atoms. The van der Waals surface area contributed by atoms with Gasteiger partial charge in [0.25, 0.3) is 0 Å². The van der Waals surface area contributed by atoms with Crippen LogP contribution < -0.4 is 0 Å². The Bertz CT molecular complexity index is 1970. The maximum Gasteiger partial charge on any atom is 0.308 e. The summed E-state index contributed by atoms with van der Waals surface area (Å²) in [6.07, 6.45) is 10.1. The highest BCUT2D eigenvalue weighted by Gasteiger charge is 2.35. The second-order valence-electron chi connectivity index (χ2n) is 16.8. The Labute approximate surface area is 369 Å². The SMILES string of the molecule is CO[C@@H]1C/C=C/c2nc(co2)-c2nc(co2)-c2nc(co2)[C@@H](C)CC(=O)CCC[C@@H](O)CC(=O)O[C@H](C[C@@H](OC)[C@H](C)CCC(=O)[C@H](C)[C@@H](OC(C)=O)[C@H](C)/C=C/N(C)CO)[C@H]1C. The first kappa shape index (κ1) is 50.7. The number of hydrogen-bond acceptors (Lipinski definition) is 17. The zero-order valence-electron chi connectivity index (χ0n) is 38.1. The maximum atomic E-state index is 13.6. The van der Waals surface area contributed by atoms with Gasteiger partial charge in [0.15, 0.2) is 11.4 Å². The molecule has 1 aliphatic rings. The molecule has 0 amide bonds. The number of cyclic esters (lactones) is 1. The summed E-state index contributed by atoms with van der Waals surface area (Å²) in [6, 6.07) is 0. The first-order chi connectivity index (χ1) is 30.0. The molecule has 0 saturated heterocycles. The molecule has 17 heteroatoms. The van der Waals surface area contributed by atoms with Crippen molar-refractivity contribution in [3.05, 3.63) is 48.7 Å². The van der Waals surface area contributed by atoms with E-state index >= 15 is 0 Å². The smallest absolute Gasteiger partial charge is 0.308 e. The van der Waals surface area contributed by atoms with Gasteiger partial charge in [-0.3, -0.25) is 19.2 Å². The lowest BCUT2D eigenvalue weighted by molar-refractivity contribution is -0.160. The molecule has 0 radical (unpaired) electrons. The number of esters is 2. The van der Waals surface area contributed by atoms with Crippen LogP contribution in [0.3, 0.4) is 0 Å². The number of nitrogens with zero attached hydrogens (tertiary/aromatic N) is 4. The van der Waals surface area contributed by atoms with E-state index in [9.17, 15) is 29.4 Å². The molecule has 2 N–H and O–H groups in total. The molecule has 6 bridgehead atoms. The topological polar surface area (TPSA) is 227 Å². The summed E-state index contributed by atoms with van der Waals surface area (Å²) in [5, 5.41) is 20.2. The predicted molar refractivity (Wildman–Crippen MR) is 230 cm³/mol. The molecule has 17 nitrogen and oxygen atoms in total. The van der Waals surface area contributed by atoms with Gasteiger partial charge in [-0.25, -0.2) is 15.0 Å². The summed E-state index contributed by atoms with van der Waals surface area (Å²) < 4.78 is 40.6. The largest absolute Gasteiger partial charge is 0.462 e. The normalized spacial score (nSPS) is 23.7. The molecule has 0 aliphatic carbocycles. The second-order valence-corrected chi connectivity index (χ2v) is 16.8. The molecule has 0 unspecified atom stereocenters. The van der Waals surface area contributed by atoms with E-state index in [0.29, 0.717) is 42.2 Å². The predicted octanol–water partition coefficient (Wildman–Crippen LogP) is 6.94. The van der Waals surface area contributed by atoms with E-state index in [1.54, 1.807) is 51.4 Å². The van der Waals surface area contributed by atoms with E-state index < -0.39 is 48.4 Å². The summed E-state index contributed by atoms with van der Waals surface area (Å²) in [7, 11) is 4.85. The molecule has 4 heterocycles. The van der Waals surface area contributed by atoms with Crippen molar-refractivity contribution in [3.8, 4) is 23.2 Å². The summed E-state index contributed by atoms with van der Waals surface area (Å²) in [6.45, 7) is 10.5. The Balaban J connectivity index is 1.51. The van der Waals surface area contributed by atoms with Crippen LogP contribution in [-0.4, -0.2) is 112 Å². The van der Waals surface area contributed by atoms with Gasteiger partial charge >= 0.3 is 11.9 Å². The number of aliphatic hydroxyl groups excluding tert-OH is 2. The number of Topliss-reactive ketones (excluding diaryl/α,β-unsaturated/α-hetero) is 2. The Morgan fingerprint density at radius 1 is 1.00 bits per heavy atom. The average molecular weight is 883 g/mol. The van der Waals surface area contributed by atoms with E-state index in [-0.39, 0.29) is 92.3 Å². The van der Waals surface area contributed by atoms with Crippen molar-refractivity contribution in [2.45, 2.75) is 136 Å². The fraction of sp³-hybridized carbons (Fsp3) is 0.630. The Morgan fingerprint density at radius 2 is 1.70 bits per heavy atom. The van der Waals surface area contributed by atoms with Gasteiger partial charge in [-0.1, -0.05) is 46.8 Å². The summed E-state index contributed by atoms with van der Waals surface area (Å²) in [5.41, 5.74) is 1.30.